The van der Waals surface area contributed by atoms with E-state index < -0.39 is 0 Å². The SMILES string of the molecule is Cc1ccc(NC(=O)CCc2ccc3cc(C4CCC(=O)NC4=O)c(C)nc3c2)cc1Cl. The van der Waals surface area contributed by atoms with Gasteiger partial charge in [-0.05, 0) is 67.6 Å². The van der Waals surface area contributed by atoms with Crippen LogP contribution in [-0.4, -0.2) is 22.7 Å². The number of rotatable bonds is 5. The summed E-state index contributed by atoms with van der Waals surface area (Å²) in [6.45, 7) is 3.79. The number of anilines is 1. The number of imide groups is 1. The minimum absolute atomic E-state index is 0.0811. The first-order valence-corrected chi connectivity index (χ1v) is 11.0. The number of halogens is 1. The highest BCUT2D eigenvalue weighted by molar-refractivity contribution is 6.31. The third kappa shape index (κ3) is 4.81. The number of aryl methyl sites for hydroxylation is 3. The monoisotopic (exact) mass is 449 g/mol. The highest BCUT2D eigenvalue weighted by atomic mass is 35.5. The maximum atomic E-state index is 12.3. The summed E-state index contributed by atoms with van der Waals surface area (Å²) in [5.41, 5.74) is 5.10. The van der Waals surface area contributed by atoms with Gasteiger partial charge in [-0.25, -0.2) is 0 Å². The van der Waals surface area contributed by atoms with E-state index in [4.69, 9.17) is 16.6 Å². The van der Waals surface area contributed by atoms with Crippen LogP contribution in [0.2, 0.25) is 5.02 Å². The Morgan fingerprint density at radius 1 is 1.16 bits per heavy atom. The Morgan fingerprint density at radius 2 is 1.97 bits per heavy atom. The molecule has 2 aromatic carbocycles. The molecule has 164 valence electrons. The fourth-order valence-electron chi connectivity index (χ4n) is 3.98. The van der Waals surface area contributed by atoms with Gasteiger partial charge in [0.1, 0.15) is 0 Å². The molecule has 2 N–H and O–H groups in total. The second-order valence-corrected chi connectivity index (χ2v) is 8.61. The smallest absolute Gasteiger partial charge is 0.234 e. The summed E-state index contributed by atoms with van der Waals surface area (Å²) in [4.78, 5) is 40.7. The molecule has 1 saturated heterocycles. The molecule has 3 aromatic rings. The Kier molecular flexibility index (Phi) is 6.24. The number of piperidine rings is 1. The van der Waals surface area contributed by atoms with Crippen LogP contribution in [0, 0.1) is 13.8 Å². The Bertz CT molecular complexity index is 1240. The minimum Gasteiger partial charge on any atom is -0.326 e. The van der Waals surface area contributed by atoms with Crippen molar-refractivity contribution in [2.45, 2.75) is 45.4 Å². The van der Waals surface area contributed by atoms with Crippen LogP contribution in [-0.2, 0) is 20.8 Å². The van der Waals surface area contributed by atoms with Crippen LogP contribution in [0.3, 0.4) is 0 Å². The Hall–Kier alpha value is -3.25. The molecule has 1 aromatic heterocycles. The second-order valence-electron chi connectivity index (χ2n) is 8.21. The first-order chi connectivity index (χ1) is 15.3. The lowest BCUT2D eigenvalue weighted by Crippen LogP contribution is -2.39. The molecular formula is C25H24ClN3O3. The van der Waals surface area contributed by atoms with E-state index in [0.717, 1.165) is 33.3 Å². The van der Waals surface area contributed by atoms with Gasteiger partial charge in [0.15, 0.2) is 0 Å². The fourth-order valence-corrected chi connectivity index (χ4v) is 4.16. The van der Waals surface area contributed by atoms with Crippen molar-refractivity contribution in [2.75, 3.05) is 5.32 Å². The lowest BCUT2D eigenvalue weighted by atomic mass is 9.88. The lowest BCUT2D eigenvalue weighted by Gasteiger charge is -2.22. The number of carbonyl (C=O) groups excluding carboxylic acids is 3. The van der Waals surface area contributed by atoms with E-state index in [9.17, 15) is 14.4 Å². The van der Waals surface area contributed by atoms with Crippen LogP contribution in [0.25, 0.3) is 10.9 Å². The van der Waals surface area contributed by atoms with Crippen LogP contribution in [0.4, 0.5) is 5.69 Å². The summed E-state index contributed by atoms with van der Waals surface area (Å²) in [5, 5.41) is 6.84. The van der Waals surface area contributed by atoms with Crippen LogP contribution in [0.15, 0.2) is 42.5 Å². The summed E-state index contributed by atoms with van der Waals surface area (Å²) < 4.78 is 0. The molecule has 0 saturated carbocycles. The molecule has 1 atom stereocenters. The number of nitrogens with one attached hydrogen (secondary N) is 2. The van der Waals surface area contributed by atoms with Crippen molar-refractivity contribution in [1.29, 1.82) is 0 Å². The first kappa shape index (κ1) is 22.0. The molecule has 1 aliphatic rings. The molecule has 2 heterocycles. The zero-order chi connectivity index (χ0) is 22.8. The van der Waals surface area contributed by atoms with Crippen LogP contribution in [0.5, 0.6) is 0 Å². The molecule has 1 fully saturated rings. The van der Waals surface area contributed by atoms with E-state index in [2.05, 4.69) is 10.6 Å². The van der Waals surface area contributed by atoms with E-state index in [0.29, 0.717) is 36.4 Å². The first-order valence-electron chi connectivity index (χ1n) is 10.6. The van der Waals surface area contributed by atoms with E-state index >= 15 is 0 Å². The maximum absolute atomic E-state index is 12.3. The largest absolute Gasteiger partial charge is 0.326 e. The van der Waals surface area contributed by atoms with Crippen LogP contribution < -0.4 is 10.6 Å². The average molecular weight is 450 g/mol. The molecule has 32 heavy (non-hydrogen) atoms. The van der Waals surface area contributed by atoms with Crippen molar-refractivity contribution in [3.05, 3.63) is 69.9 Å². The number of nitrogens with zero attached hydrogens (tertiary/aromatic N) is 1. The van der Waals surface area contributed by atoms with Crippen molar-refractivity contribution in [3.8, 4) is 0 Å². The van der Waals surface area contributed by atoms with Gasteiger partial charge in [0, 0.05) is 34.6 Å². The quantitative estimate of drug-likeness (QED) is 0.557. The maximum Gasteiger partial charge on any atom is 0.234 e. The van der Waals surface area contributed by atoms with E-state index in [1.807, 2.05) is 50.2 Å². The van der Waals surface area contributed by atoms with Crippen molar-refractivity contribution in [1.82, 2.24) is 10.3 Å². The summed E-state index contributed by atoms with van der Waals surface area (Å²) >= 11 is 6.12. The van der Waals surface area contributed by atoms with Gasteiger partial charge in [-0.15, -0.1) is 0 Å². The highest BCUT2D eigenvalue weighted by Crippen LogP contribution is 2.29. The number of fused-ring (bicyclic) bond motifs is 1. The lowest BCUT2D eigenvalue weighted by molar-refractivity contribution is -0.134. The molecule has 1 unspecified atom stereocenters. The summed E-state index contributed by atoms with van der Waals surface area (Å²) in [5.74, 6) is -0.926. The molecule has 3 amide bonds. The normalized spacial score (nSPS) is 16.2. The Morgan fingerprint density at radius 3 is 2.72 bits per heavy atom. The second kappa shape index (κ2) is 9.09. The molecule has 0 radical (unpaired) electrons. The van der Waals surface area contributed by atoms with Gasteiger partial charge >= 0.3 is 0 Å². The molecule has 6 nitrogen and oxygen atoms in total. The number of hydrogen-bond donors (Lipinski definition) is 2. The van der Waals surface area contributed by atoms with Gasteiger partial charge in [0.05, 0.1) is 11.4 Å². The average Bonchev–Trinajstić information content (AvgIpc) is 2.75. The van der Waals surface area contributed by atoms with Crippen molar-refractivity contribution >= 4 is 45.9 Å². The number of hydrogen-bond acceptors (Lipinski definition) is 4. The molecule has 0 spiro atoms. The van der Waals surface area contributed by atoms with Crippen molar-refractivity contribution in [2.24, 2.45) is 0 Å². The zero-order valence-corrected chi connectivity index (χ0v) is 18.8. The van der Waals surface area contributed by atoms with Crippen LogP contribution in [0.1, 0.15) is 47.6 Å². The number of aromatic nitrogens is 1. The zero-order valence-electron chi connectivity index (χ0n) is 18.0. The molecular weight excluding hydrogens is 426 g/mol. The number of amides is 3. The third-order valence-corrected chi connectivity index (χ3v) is 6.23. The third-order valence-electron chi connectivity index (χ3n) is 5.82. The molecule has 1 aliphatic heterocycles. The number of carbonyl (C=O) groups is 3. The van der Waals surface area contributed by atoms with E-state index in [1.54, 1.807) is 6.07 Å². The van der Waals surface area contributed by atoms with E-state index in [1.165, 1.54) is 0 Å². The van der Waals surface area contributed by atoms with Gasteiger partial charge in [-0.3, -0.25) is 24.7 Å². The Labute approximate surface area is 191 Å². The summed E-state index contributed by atoms with van der Waals surface area (Å²) in [6, 6.07) is 13.4. The molecule has 0 bridgehead atoms. The van der Waals surface area contributed by atoms with Gasteiger partial charge in [-0.1, -0.05) is 29.8 Å². The summed E-state index contributed by atoms with van der Waals surface area (Å²) in [6.07, 6.45) is 1.75. The number of benzene rings is 2. The Balaban J connectivity index is 1.45. The summed E-state index contributed by atoms with van der Waals surface area (Å²) in [7, 11) is 0. The van der Waals surface area contributed by atoms with Gasteiger partial charge < -0.3 is 5.32 Å². The van der Waals surface area contributed by atoms with Crippen molar-refractivity contribution < 1.29 is 14.4 Å². The predicted molar refractivity (Wildman–Crippen MR) is 125 cm³/mol. The van der Waals surface area contributed by atoms with Gasteiger partial charge in [0.2, 0.25) is 17.7 Å². The highest BCUT2D eigenvalue weighted by Gasteiger charge is 2.29. The molecule has 0 aliphatic carbocycles. The topological polar surface area (TPSA) is 88.2 Å². The van der Waals surface area contributed by atoms with Crippen molar-refractivity contribution in [3.63, 3.8) is 0 Å². The predicted octanol–water partition coefficient (Wildman–Crippen LogP) is 4.60. The van der Waals surface area contributed by atoms with E-state index in [-0.39, 0.29) is 23.6 Å². The fraction of sp³-hybridized carbons (Fsp3) is 0.280. The van der Waals surface area contributed by atoms with Gasteiger partial charge in [0.25, 0.3) is 0 Å². The van der Waals surface area contributed by atoms with Crippen LogP contribution >= 0.6 is 11.6 Å². The molecule has 7 heteroatoms. The standard InChI is InChI=1S/C25H24ClN3O3/c1-14-3-7-18(13-21(14)26)28-23(30)9-5-16-4-6-17-12-20(15(2)27-22(17)11-16)19-8-10-24(31)29-25(19)32/h3-4,6-7,11-13,19H,5,8-10H2,1-2H3,(H,28,30)(H,29,31,32). The van der Waals surface area contributed by atoms with Gasteiger partial charge in [-0.2, -0.15) is 0 Å². The molecule has 4 rings (SSSR count). The minimum atomic E-state index is -0.358. The number of pyridine rings is 1.